The Labute approximate surface area is 175 Å². The second-order valence-corrected chi connectivity index (χ2v) is 7.63. The van der Waals surface area contributed by atoms with E-state index in [1.165, 1.54) is 5.56 Å². The number of pyridine rings is 1. The van der Waals surface area contributed by atoms with Crippen LogP contribution in [-0.2, 0) is 11.2 Å². The minimum absolute atomic E-state index is 0.0180. The fourth-order valence-corrected chi connectivity index (χ4v) is 3.32. The van der Waals surface area contributed by atoms with Gasteiger partial charge in [0, 0.05) is 6.54 Å². The van der Waals surface area contributed by atoms with Crippen molar-refractivity contribution in [3.8, 4) is 5.75 Å². The molecule has 29 heavy (non-hydrogen) atoms. The molecule has 0 aliphatic rings. The first-order valence-corrected chi connectivity index (χ1v) is 10.6. The lowest BCUT2D eigenvalue weighted by Crippen LogP contribution is -2.34. The highest BCUT2D eigenvalue weighted by Crippen LogP contribution is 2.19. The van der Waals surface area contributed by atoms with Gasteiger partial charge < -0.3 is 15.0 Å². The summed E-state index contributed by atoms with van der Waals surface area (Å²) in [5.74, 6) is 1.22. The van der Waals surface area contributed by atoms with Crippen LogP contribution in [0.15, 0.2) is 42.6 Å². The van der Waals surface area contributed by atoms with E-state index in [-0.39, 0.29) is 11.9 Å². The number of methoxy groups -OCH3 is 1. The van der Waals surface area contributed by atoms with Crippen LogP contribution in [0.2, 0.25) is 0 Å². The smallest absolute Gasteiger partial charge is 0.224 e. The van der Waals surface area contributed by atoms with Gasteiger partial charge in [0.15, 0.2) is 0 Å². The molecule has 5 heteroatoms. The molecule has 0 bridgehead atoms. The maximum Gasteiger partial charge on any atom is 0.224 e. The number of nitrogens with zero attached hydrogens (tertiary/aromatic N) is 2. The van der Waals surface area contributed by atoms with Crippen molar-refractivity contribution < 1.29 is 9.53 Å². The molecule has 0 radical (unpaired) electrons. The van der Waals surface area contributed by atoms with Gasteiger partial charge in [-0.2, -0.15) is 0 Å². The molecule has 158 valence electrons. The molecule has 2 rings (SSSR count). The Morgan fingerprint density at radius 1 is 1.10 bits per heavy atom. The molecule has 1 amide bonds. The molecular weight excluding hydrogens is 362 g/mol. The summed E-state index contributed by atoms with van der Waals surface area (Å²) in [6.07, 6.45) is 2.89. The molecule has 1 atom stereocenters. The quantitative estimate of drug-likeness (QED) is 0.613. The second-order valence-electron chi connectivity index (χ2n) is 7.63. The average Bonchev–Trinajstić information content (AvgIpc) is 2.74. The highest BCUT2D eigenvalue weighted by atomic mass is 16.5. The van der Waals surface area contributed by atoms with Crippen molar-refractivity contribution in [2.45, 2.75) is 52.5 Å². The standard InChI is InChI=1S/C24H35N3O2/c1-6-27(7-2)15-14-23(22-13-12-21(29-5)17-25-22)26-24(28)16-19-8-10-20(11-9-19)18(3)4/h8-13,17-18,23H,6-7,14-16H2,1-5H3,(H,26,28). The number of benzene rings is 1. The zero-order valence-corrected chi connectivity index (χ0v) is 18.4. The fraction of sp³-hybridized carbons (Fsp3) is 0.500. The number of hydrogen-bond donors (Lipinski definition) is 1. The van der Waals surface area contributed by atoms with Gasteiger partial charge in [0.2, 0.25) is 5.91 Å². The molecule has 1 aromatic heterocycles. The van der Waals surface area contributed by atoms with E-state index < -0.39 is 0 Å². The Bertz CT molecular complexity index is 738. The van der Waals surface area contributed by atoms with Gasteiger partial charge in [-0.1, -0.05) is 52.0 Å². The normalized spacial score (nSPS) is 12.2. The zero-order valence-electron chi connectivity index (χ0n) is 18.4. The maximum absolute atomic E-state index is 12.7. The molecule has 5 nitrogen and oxygen atoms in total. The van der Waals surface area contributed by atoms with Crippen LogP contribution < -0.4 is 10.1 Å². The molecule has 0 aliphatic heterocycles. The molecule has 0 aliphatic carbocycles. The third-order valence-corrected chi connectivity index (χ3v) is 5.33. The third kappa shape index (κ3) is 7.17. The first-order valence-electron chi connectivity index (χ1n) is 10.6. The monoisotopic (exact) mass is 397 g/mol. The van der Waals surface area contributed by atoms with Gasteiger partial charge in [0.25, 0.3) is 0 Å². The van der Waals surface area contributed by atoms with Crippen molar-refractivity contribution in [3.05, 3.63) is 59.4 Å². The van der Waals surface area contributed by atoms with Crippen LogP contribution in [0.3, 0.4) is 0 Å². The van der Waals surface area contributed by atoms with Gasteiger partial charge >= 0.3 is 0 Å². The summed E-state index contributed by atoms with van der Waals surface area (Å²) in [4.78, 5) is 19.6. The van der Waals surface area contributed by atoms with E-state index in [0.29, 0.717) is 18.1 Å². The highest BCUT2D eigenvalue weighted by Gasteiger charge is 2.17. The first-order chi connectivity index (χ1) is 14.0. The van der Waals surface area contributed by atoms with E-state index in [2.05, 4.69) is 55.0 Å². The number of rotatable bonds is 11. The molecule has 2 aromatic rings. The summed E-state index contributed by atoms with van der Waals surface area (Å²) in [7, 11) is 1.63. The Morgan fingerprint density at radius 2 is 1.79 bits per heavy atom. The molecule has 1 unspecified atom stereocenters. The number of amides is 1. The summed E-state index contributed by atoms with van der Waals surface area (Å²) in [6, 6.07) is 12.0. The number of ether oxygens (including phenoxy) is 1. The highest BCUT2D eigenvalue weighted by molar-refractivity contribution is 5.79. The van der Waals surface area contributed by atoms with Gasteiger partial charge in [-0.25, -0.2) is 0 Å². The van der Waals surface area contributed by atoms with Crippen molar-refractivity contribution in [2.75, 3.05) is 26.7 Å². The zero-order chi connectivity index (χ0) is 21.2. The van der Waals surface area contributed by atoms with Crippen molar-refractivity contribution in [1.82, 2.24) is 15.2 Å². The minimum Gasteiger partial charge on any atom is -0.495 e. The fourth-order valence-electron chi connectivity index (χ4n) is 3.32. The van der Waals surface area contributed by atoms with Crippen LogP contribution in [0.25, 0.3) is 0 Å². The number of carbonyl (C=O) groups excluding carboxylic acids is 1. The lowest BCUT2D eigenvalue weighted by atomic mass is 10.0. The number of aromatic nitrogens is 1. The van der Waals surface area contributed by atoms with Gasteiger partial charge in [0.1, 0.15) is 5.75 Å². The lowest BCUT2D eigenvalue weighted by Gasteiger charge is -2.23. The van der Waals surface area contributed by atoms with Gasteiger partial charge in [0.05, 0.1) is 31.5 Å². The van der Waals surface area contributed by atoms with E-state index in [0.717, 1.165) is 37.3 Å². The van der Waals surface area contributed by atoms with Crippen LogP contribution in [0.5, 0.6) is 5.75 Å². The van der Waals surface area contributed by atoms with Crippen molar-refractivity contribution in [2.24, 2.45) is 0 Å². The summed E-state index contributed by atoms with van der Waals surface area (Å²) >= 11 is 0. The Kier molecular flexibility index (Phi) is 9.13. The van der Waals surface area contributed by atoms with Crippen LogP contribution in [0.4, 0.5) is 0 Å². The van der Waals surface area contributed by atoms with Crippen LogP contribution in [-0.4, -0.2) is 42.5 Å². The summed E-state index contributed by atoms with van der Waals surface area (Å²) < 4.78 is 5.21. The van der Waals surface area contributed by atoms with Gasteiger partial charge in [-0.05, 0) is 48.7 Å². The SMILES string of the molecule is CCN(CC)CCC(NC(=O)Cc1ccc(C(C)C)cc1)c1ccc(OC)cn1. The Balaban J connectivity index is 2.07. The minimum atomic E-state index is -0.121. The summed E-state index contributed by atoms with van der Waals surface area (Å²) in [5, 5.41) is 3.19. The molecule has 1 N–H and O–H groups in total. The summed E-state index contributed by atoms with van der Waals surface area (Å²) in [6.45, 7) is 11.6. The molecule has 0 saturated heterocycles. The van der Waals surface area contributed by atoms with Gasteiger partial charge in [-0.3, -0.25) is 9.78 Å². The van der Waals surface area contributed by atoms with Crippen LogP contribution in [0.1, 0.15) is 62.9 Å². The average molecular weight is 398 g/mol. The van der Waals surface area contributed by atoms with E-state index in [1.807, 2.05) is 24.3 Å². The number of nitrogens with one attached hydrogen (secondary N) is 1. The third-order valence-electron chi connectivity index (χ3n) is 5.33. The van der Waals surface area contributed by atoms with E-state index in [1.54, 1.807) is 13.3 Å². The predicted octanol–water partition coefficient (Wildman–Crippen LogP) is 4.35. The van der Waals surface area contributed by atoms with Crippen molar-refractivity contribution in [1.29, 1.82) is 0 Å². The second kappa shape index (κ2) is 11.6. The predicted molar refractivity (Wildman–Crippen MR) is 118 cm³/mol. The summed E-state index contributed by atoms with van der Waals surface area (Å²) in [5.41, 5.74) is 3.17. The van der Waals surface area contributed by atoms with Crippen molar-refractivity contribution in [3.63, 3.8) is 0 Å². The molecule has 1 heterocycles. The van der Waals surface area contributed by atoms with E-state index in [4.69, 9.17) is 4.74 Å². The van der Waals surface area contributed by atoms with E-state index in [9.17, 15) is 4.79 Å². The van der Waals surface area contributed by atoms with Crippen LogP contribution in [0, 0.1) is 0 Å². The molecule has 0 saturated carbocycles. The topological polar surface area (TPSA) is 54.5 Å². The molecular formula is C24H35N3O2. The Morgan fingerprint density at radius 3 is 2.31 bits per heavy atom. The molecule has 1 aromatic carbocycles. The molecule has 0 fully saturated rings. The van der Waals surface area contributed by atoms with Crippen molar-refractivity contribution >= 4 is 5.91 Å². The Hall–Kier alpha value is -2.40. The number of hydrogen-bond acceptors (Lipinski definition) is 4. The largest absolute Gasteiger partial charge is 0.495 e. The first kappa shape index (κ1) is 22.9. The van der Waals surface area contributed by atoms with E-state index >= 15 is 0 Å². The van der Waals surface area contributed by atoms with Crippen LogP contribution >= 0.6 is 0 Å². The van der Waals surface area contributed by atoms with Gasteiger partial charge in [-0.15, -0.1) is 0 Å². The maximum atomic E-state index is 12.7. The number of carbonyl (C=O) groups is 1. The lowest BCUT2D eigenvalue weighted by molar-refractivity contribution is -0.121. The molecule has 0 spiro atoms.